The van der Waals surface area contributed by atoms with E-state index < -0.39 is 0 Å². The first-order valence-corrected chi connectivity index (χ1v) is 7.51. The van der Waals surface area contributed by atoms with Crippen molar-refractivity contribution in [2.45, 2.75) is 65.0 Å². The van der Waals surface area contributed by atoms with Crippen molar-refractivity contribution < 1.29 is 0 Å². The second-order valence-electron chi connectivity index (χ2n) is 6.20. The highest BCUT2D eigenvalue weighted by atomic mass is 15.2. The Kier molecular flexibility index (Phi) is 3.08. The summed E-state index contributed by atoms with van der Waals surface area (Å²) in [5.74, 6) is 2.79. The molecule has 0 spiro atoms. The summed E-state index contributed by atoms with van der Waals surface area (Å²) in [7, 11) is 0. The number of nitrogens with zero attached hydrogens (tertiary/aromatic N) is 2. The van der Waals surface area contributed by atoms with Gasteiger partial charge in [0.1, 0.15) is 0 Å². The van der Waals surface area contributed by atoms with E-state index in [4.69, 9.17) is 0 Å². The van der Waals surface area contributed by atoms with Crippen molar-refractivity contribution in [3.63, 3.8) is 0 Å². The zero-order chi connectivity index (χ0) is 12.7. The van der Waals surface area contributed by atoms with Crippen molar-refractivity contribution in [1.82, 2.24) is 9.55 Å². The van der Waals surface area contributed by atoms with E-state index in [1.807, 2.05) is 0 Å². The number of hydrogen-bond donors (Lipinski definition) is 1. The Labute approximate surface area is 110 Å². The van der Waals surface area contributed by atoms with Gasteiger partial charge in [-0.05, 0) is 44.4 Å². The Balaban J connectivity index is 1.82. The van der Waals surface area contributed by atoms with Crippen LogP contribution in [0, 0.1) is 18.8 Å². The molecule has 2 fully saturated rings. The monoisotopic (exact) mass is 247 g/mol. The fraction of sp³-hybridized carbons (Fsp3) is 0.800. The minimum absolute atomic E-state index is 0.650. The third-order valence-electron chi connectivity index (χ3n) is 4.83. The molecule has 1 N–H and O–H groups in total. The molecule has 0 aromatic carbocycles. The molecule has 3 atom stereocenters. The van der Waals surface area contributed by atoms with Crippen molar-refractivity contribution in [2.75, 3.05) is 5.32 Å². The van der Waals surface area contributed by atoms with Crippen LogP contribution in [0.4, 0.5) is 5.95 Å². The SMILES string of the molecule is CCC1CCC(n2cc(C)nc2NC2CC2)C1C. The fourth-order valence-electron chi connectivity index (χ4n) is 3.48. The first-order chi connectivity index (χ1) is 8.69. The molecule has 0 aliphatic heterocycles. The van der Waals surface area contributed by atoms with E-state index in [9.17, 15) is 0 Å². The molecule has 2 aliphatic rings. The van der Waals surface area contributed by atoms with E-state index in [1.165, 1.54) is 32.1 Å². The Bertz CT molecular complexity index is 419. The number of hydrogen-bond acceptors (Lipinski definition) is 2. The number of imidazole rings is 1. The van der Waals surface area contributed by atoms with E-state index in [0.29, 0.717) is 12.1 Å². The van der Waals surface area contributed by atoms with Gasteiger partial charge >= 0.3 is 0 Å². The van der Waals surface area contributed by atoms with Crippen LogP contribution in [0.25, 0.3) is 0 Å². The van der Waals surface area contributed by atoms with Crippen molar-refractivity contribution in [3.8, 4) is 0 Å². The first-order valence-electron chi connectivity index (χ1n) is 7.51. The molecule has 1 aromatic rings. The molecule has 0 saturated heterocycles. The predicted octanol–water partition coefficient (Wildman–Crippen LogP) is 3.76. The van der Waals surface area contributed by atoms with Crippen molar-refractivity contribution in [3.05, 3.63) is 11.9 Å². The van der Waals surface area contributed by atoms with Crippen LogP contribution in [-0.2, 0) is 0 Å². The molecule has 0 radical (unpaired) electrons. The summed E-state index contributed by atoms with van der Waals surface area (Å²) in [6.45, 7) is 6.85. The lowest BCUT2D eigenvalue weighted by Crippen LogP contribution is -2.18. The van der Waals surface area contributed by atoms with Crippen LogP contribution < -0.4 is 5.32 Å². The van der Waals surface area contributed by atoms with Gasteiger partial charge < -0.3 is 9.88 Å². The lowest BCUT2D eigenvalue weighted by atomic mass is 9.93. The normalized spacial score (nSPS) is 31.8. The lowest BCUT2D eigenvalue weighted by molar-refractivity contribution is 0.331. The molecule has 1 aromatic heterocycles. The summed E-state index contributed by atoms with van der Waals surface area (Å²) in [6.07, 6.45) is 8.87. The highest BCUT2D eigenvalue weighted by molar-refractivity contribution is 5.33. The van der Waals surface area contributed by atoms with Crippen molar-refractivity contribution in [2.24, 2.45) is 11.8 Å². The van der Waals surface area contributed by atoms with Gasteiger partial charge in [-0.1, -0.05) is 20.3 Å². The predicted molar refractivity (Wildman–Crippen MR) is 74.8 cm³/mol. The van der Waals surface area contributed by atoms with Gasteiger partial charge in [-0.15, -0.1) is 0 Å². The average molecular weight is 247 g/mol. The van der Waals surface area contributed by atoms with Crippen LogP contribution >= 0.6 is 0 Å². The number of anilines is 1. The molecule has 18 heavy (non-hydrogen) atoms. The third kappa shape index (κ3) is 2.15. The molecule has 3 unspecified atom stereocenters. The molecular formula is C15H25N3. The molecule has 2 aliphatic carbocycles. The van der Waals surface area contributed by atoms with E-state index >= 15 is 0 Å². The Morgan fingerprint density at radius 3 is 2.72 bits per heavy atom. The molecule has 0 amide bonds. The van der Waals surface area contributed by atoms with Crippen LogP contribution in [0.1, 0.15) is 57.7 Å². The molecule has 0 bridgehead atoms. The topological polar surface area (TPSA) is 29.9 Å². The summed E-state index contributed by atoms with van der Waals surface area (Å²) < 4.78 is 2.42. The summed E-state index contributed by atoms with van der Waals surface area (Å²) in [5.41, 5.74) is 1.14. The van der Waals surface area contributed by atoms with E-state index in [-0.39, 0.29) is 0 Å². The smallest absolute Gasteiger partial charge is 0.203 e. The van der Waals surface area contributed by atoms with Crippen molar-refractivity contribution >= 4 is 5.95 Å². The Hall–Kier alpha value is -0.990. The number of aromatic nitrogens is 2. The largest absolute Gasteiger partial charge is 0.353 e. The van der Waals surface area contributed by atoms with Crippen molar-refractivity contribution in [1.29, 1.82) is 0 Å². The van der Waals surface area contributed by atoms with Crippen LogP contribution in [0.3, 0.4) is 0 Å². The van der Waals surface area contributed by atoms with Gasteiger partial charge in [0.05, 0.1) is 5.69 Å². The van der Waals surface area contributed by atoms with E-state index in [0.717, 1.165) is 23.5 Å². The van der Waals surface area contributed by atoms with E-state index in [1.54, 1.807) is 0 Å². The summed E-state index contributed by atoms with van der Waals surface area (Å²) in [6, 6.07) is 1.33. The highest BCUT2D eigenvalue weighted by Gasteiger charge is 2.34. The zero-order valence-corrected chi connectivity index (χ0v) is 11.8. The standard InChI is InChI=1S/C15H25N3/c1-4-12-5-8-14(11(12)3)18-9-10(2)16-15(18)17-13-6-7-13/h9,11-14H,4-8H2,1-3H3,(H,16,17). The number of aryl methyl sites for hydroxylation is 1. The Morgan fingerprint density at radius 1 is 1.33 bits per heavy atom. The van der Waals surface area contributed by atoms with Gasteiger partial charge in [0.25, 0.3) is 0 Å². The summed E-state index contributed by atoms with van der Waals surface area (Å²) >= 11 is 0. The molecule has 100 valence electrons. The maximum Gasteiger partial charge on any atom is 0.203 e. The molecule has 2 saturated carbocycles. The van der Waals surface area contributed by atoms with Crippen LogP contribution in [-0.4, -0.2) is 15.6 Å². The minimum atomic E-state index is 0.650. The van der Waals surface area contributed by atoms with Gasteiger partial charge in [0, 0.05) is 18.3 Å². The number of nitrogens with one attached hydrogen (secondary N) is 1. The van der Waals surface area contributed by atoms with Gasteiger partial charge in [-0.3, -0.25) is 0 Å². The second-order valence-corrected chi connectivity index (χ2v) is 6.20. The average Bonchev–Trinajstić information content (AvgIpc) is 2.97. The van der Waals surface area contributed by atoms with E-state index in [2.05, 4.69) is 41.8 Å². The summed E-state index contributed by atoms with van der Waals surface area (Å²) in [4.78, 5) is 4.67. The molecule has 3 nitrogen and oxygen atoms in total. The quantitative estimate of drug-likeness (QED) is 0.878. The second kappa shape index (κ2) is 4.60. The summed E-state index contributed by atoms with van der Waals surface area (Å²) in [5, 5.41) is 3.59. The van der Waals surface area contributed by atoms with Gasteiger partial charge in [0.15, 0.2) is 0 Å². The van der Waals surface area contributed by atoms with Crippen LogP contribution in [0.15, 0.2) is 6.20 Å². The van der Waals surface area contributed by atoms with Crippen LogP contribution in [0.2, 0.25) is 0 Å². The first kappa shape index (κ1) is 12.1. The van der Waals surface area contributed by atoms with Gasteiger partial charge in [-0.25, -0.2) is 4.98 Å². The molecule has 3 heteroatoms. The van der Waals surface area contributed by atoms with Crippen LogP contribution in [0.5, 0.6) is 0 Å². The fourth-order valence-corrected chi connectivity index (χ4v) is 3.48. The maximum atomic E-state index is 4.67. The van der Waals surface area contributed by atoms with Gasteiger partial charge in [-0.2, -0.15) is 0 Å². The highest BCUT2D eigenvalue weighted by Crippen LogP contribution is 2.43. The Morgan fingerprint density at radius 2 is 2.11 bits per heavy atom. The molecular weight excluding hydrogens is 222 g/mol. The zero-order valence-electron chi connectivity index (χ0n) is 11.8. The maximum absolute atomic E-state index is 4.67. The third-order valence-corrected chi connectivity index (χ3v) is 4.83. The lowest BCUT2D eigenvalue weighted by Gasteiger charge is -2.23. The molecule has 1 heterocycles. The number of rotatable bonds is 4. The molecule has 3 rings (SSSR count). The van der Waals surface area contributed by atoms with Gasteiger partial charge in [0.2, 0.25) is 5.95 Å². The minimum Gasteiger partial charge on any atom is -0.353 e.